The molecule has 0 spiro atoms. The molecule has 0 amide bonds. The van der Waals surface area contributed by atoms with Crippen molar-refractivity contribution in [1.82, 2.24) is 4.72 Å². The zero-order chi connectivity index (χ0) is 15.1. The molecule has 2 rings (SSSR count). The van der Waals surface area contributed by atoms with Crippen LogP contribution in [-0.2, 0) is 10.0 Å². The molecule has 3 N–H and O–H groups in total. The predicted octanol–water partition coefficient (Wildman–Crippen LogP) is 1.47. The van der Waals surface area contributed by atoms with Gasteiger partial charge in [-0.15, -0.1) is 0 Å². The van der Waals surface area contributed by atoms with Gasteiger partial charge in [-0.1, -0.05) is 19.9 Å². The molecule has 6 heteroatoms. The summed E-state index contributed by atoms with van der Waals surface area (Å²) < 4.78 is 26.0. The Morgan fingerprint density at radius 2 is 2.00 bits per heavy atom. The summed E-state index contributed by atoms with van der Waals surface area (Å²) in [6, 6.07) is 5.16. The lowest BCUT2D eigenvalue weighted by Gasteiger charge is -2.50. The molecular weight excluding hydrogens is 276 g/mol. The van der Waals surface area contributed by atoms with Gasteiger partial charge in [-0.2, -0.15) is 0 Å². The summed E-state index contributed by atoms with van der Waals surface area (Å²) in [4.78, 5) is 0.241. The summed E-state index contributed by atoms with van der Waals surface area (Å²) in [5, 5.41) is 13.1. The van der Waals surface area contributed by atoms with Crippen molar-refractivity contribution in [3.05, 3.63) is 23.8 Å². The maximum absolute atomic E-state index is 11.8. The smallest absolute Gasteiger partial charge is 0.240 e. The Balaban J connectivity index is 2.27. The van der Waals surface area contributed by atoms with E-state index in [4.69, 9.17) is 0 Å². The number of hydrogen-bond donors (Lipinski definition) is 3. The molecule has 1 fully saturated rings. The minimum absolute atomic E-state index is 0.142. The fraction of sp³-hybridized carbons (Fsp3) is 0.571. The summed E-state index contributed by atoms with van der Waals surface area (Å²) in [5.74, 6) is 0. The van der Waals surface area contributed by atoms with E-state index >= 15 is 0 Å². The van der Waals surface area contributed by atoms with Crippen LogP contribution in [0.25, 0.3) is 0 Å². The van der Waals surface area contributed by atoms with Crippen molar-refractivity contribution in [3.63, 3.8) is 0 Å². The fourth-order valence-corrected chi connectivity index (χ4v) is 3.13. The molecule has 5 nitrogen and oxygen atoms in total. The highest BCUT2D eigenvalue weighted by atomic mass is 32.2. The van der Waals surface area contributed by atoms with Crippen LogP contribution in [0.15, 0.2) is 23.1 Å². The number of sulfonamides is 1. The Morgan fingerprint density at radius 1 is 1.35 bits per heavy atom. The Bertz CT molecular complexity index is 611. The molecule has 1 aliphatic carbocycles. The lowest BCUT2D eigenvalue weighted by atomic mass is 9.64. The second-order valence-corrected chi connectivity index (χ2v) is 7.84. The van der Waals surface area contributed by atoms with Gasteiger partial charge in [0.25, 0.3) is 0 Å². The molecule has 1 aromatic carbocycles. The molecule has 1 aromatic rings. The molecule has 2 atom stereocenters. The summed E-state index contributed by atoms with van der Waals surface area (Å²) in [6.07, 6.45) is 0.361. The average molecular weight is 298 g/mol. The van der Waals surface area contributed by atoms with E-state index in [0.717, 1.165) is 11.3 Å². The molecule has 0 aromatic heterocycles. The Morgan fingerprint density at radius 3 is 2.50 bits per heavy atom. The first-order valence-electron chi connectivity index (χ1n) is 6.67. The topological polar surface area (TPSA) is 78.4 Å². The van der Waals surface area contributed by atoms with Crippen molar-refractivity contribution in [1.29, 1.82) is 0 Å². The Kier molecular flexibility index (Phi) is 3.83. The molecule has 0 heterocycles. The van der Waals surface area contributed by atoms with E-state index in [1.165, 1.54) is 7.05 Å². The SMILES string of the molecule is CNS(=O)(=O)c1ccc(C)c(NC2CC(O)C2(C)C)c1. The first-order chi connectivity index (χ1) is 9.18. The van der Waals surface area contributed by atoms with E-state index in [1.807, 2.05) is 20.8 Å². The van der Waals surface area contributed by atoms with Crippen molar-refractivity contribution < 1.29 is 13.5 Å². The molecule has 0 bridgehead atoms. The molecule has 20 heavy (non-hydrogen) atoms. The summed E-state index contributed by atoms with van der Waals surface area (Å²) in [6.45, 7) is 5.94. The van der Waals surface area contributed by atoms with E-state index in [1.54, 1.807) is 18.2 Å². The molecule has 0 saturated heterocycles. The van der Waals surface area contributed by atoms with Crippen LogP contribution in [0.2, 0.25) is 0 Å². The van der Waals surface area contributed by atoms with Crippen LogP contribution in [0.1, 0.15) is 25.8 Å². The van der Waals surface area contributed by atoms with E-state index in [9.17, 15) is 13.5 Å². The predicted molar refractivity (Wildman–Crippen MR) is 79.2 cm³/mol. The fourth-order valence-electron chi connectivity index (χ4n) is 2.38. The van der Waals surface area contributed by atoms with Crippen LogP contribution in [0.5, 0.6) is 0 Å². The molecular formula is C14H22N2O3S. The zero-order valence-corrected chi connectivity index (χ0v) is 13.1. The highest BCUT2D eigenvalue weighted by Gasteiger charge is 2.47. The molecule has 2 unspecified atom stereocenters. The van der Waals surface area contributed by atoms with E-state index in [0.29, 0.717) is 6.42 Å². The van der Waals surface area contributed by atoms with E-state index in [2.05, 4.69) is 10.0 Å². The third-order valence-corrected chi connectivity index (χ3v) is 5.75. The zero-order valence-electron chi connectivity index (χ0n) is 12.3. The van der Waals surface area contributed by atoms with Gasteiger partial charge in [0, 0.05) is 17.1 Å². The standard InChI is InChI=1S/C14H22N2O3S/c1-9-5-6-10(20(18,19)15-4)7-11(9)16-12-8-13(17)14(12,2)3/h5-7,12-13,15-17H,8H2,1-4H3. The van der Waals surface area contributed by atoms with E-state index < -0.39 is 10.0 Å². The largest absolute Gasteiger partial charge is 0.392 e. The van der Waals surface area contributed by atoms with Gasteiger partial charge in [-0.3, -0.25) is 0 Å². The maximum Gasteiger partial charge on any atom is 0.240 e. The van der Waals surface area contributed by atoms with Gasteiger partial charge >= 0.3 is 0 Å². The Labute approximate surface area is 120 Å². The number of aryl methyl sites for hydroxylation is 1. The molecule has 1 aliphatic rings. The number of rotatable bonds is 4. The van der Waals surface area contributed by atoms with Crippen LogP contribution in [0, 0.1) is 12.3 Å². The molecule has 0 radical (unpaired) electrons. The highest BCUT2D eigenvalue weighted by molar-refractivity contribution is 7.89. The maximum atomic E-state index is 11.8. The number of benzene rings is 1. The monoisotopic (exact) mass is 298 g/mol. The van der Waals surface area contributed by atoms with Crippen molar-refractivity contribution in [3.8, 4) is 0 Å². The minimum Gasteiger partial charge on any atom is -0.392 e. The van der Waals surface area contributed by atoms with Crippen LogP contribution in [0.3, 0.4) is 0 Å². The second-order valence-electron chi connectivity index (χ2n) is 5.95. The minimum atomic E-state index is -3.44. The lowest BCUT2D eigenvalue weighted by Crippen LogP contribution is -2.57. The van der Waals surface area contributed by atoms with Crippen molar-refractivity contribution >= 4 is 15.7 Å². The lowest BCUT2D eigenvalue weighted by molar-refractivity contribution is -0.0510. The summed E-state index contributed by atoms with van der Waals surface area (Å²) in [7, 11) is -2.04. The van der Waals surface area contributed by atoms with Crippen LogP contribution >= 0.6 is 0 Å². The highest BCUT2D eigenvalue weighted by Crippen LogP contribution is 2.42. The summed E-state index contributed by atoms with van der Waals surface area (Å²) in [5.41, 5.74) is 1.58. The van der Waals surface area contributed by atoms with E-state index in [-0.39, 0.29) is 22.5 Å². The summed E-state index contributed by atoms with van der Waals surface area (Å²) >= 11 is 0. The number of hydrogen-bond acceptors (Lipinski definition) is 4. The van der Waals surface area contributed by atoms with Crippen LogP contribution in [-0.4, -0.2) is 32.7 Å². The van der Waals surface area contributed by atoms with Gasteiger partial charge in [-0.25, -0.2) is 13.1 Å². The third-order valence-electron chi connectivity index (χ3n) is 4.33. The molecule has 0 aliphatic heterocycles. The number of aliphatic hydroxyl groups is 1. The number of aliphatic hydroxyl groups excluding tert-OH is 1. The number of nitrogens with one attached hydrogen (secondary N) is 2. The van der Waals surface area contributed by atoms with Crippen molar-refractivity contribution in [2.45, 2.75) is 44.2 Å². The first-order valence-corrected chi connectivity index (χ1v) is 8.15. The molecule has 1 saturated carbocycles. The normalized spacial score (nSPS) is 25.1. The Hall–Kier alpha value is -1.11. The van der Waals surface area contributed by atoms with Gasteiger partial charge in [0.2, 0.25) is 10.0 Å². The van der Waals surface area contributed by atoms with Gasteiger partial charge in [-0.05, 0) is 38.1 Å². The van der Waals surface area contributed by atoms with Gasteiger partial charge in [0.05, 0.1) is 11.0 Å². The average Bonchev–Trinajstić information content (AvgIpc) is 2.40. The van der Waals surface area contributed by atoms with Crippen LogP contribution in [0.4, 0.5) is 5.69 Å². The first kappa shape index (κ1) is 15.3. The van der Waals surface area contributed by atoms with Crippen molar-refractivity contribution in [2.24, 2.45) is 5.41 Å². The molecule has 112 valence electrons. The van der Waals surface area contributed by atoms with Gasteiger partial charge < -0.3 is 10.4 Å². The van der Waals surface area contributed by atoms with Crippen LogP contribution < -0.4 is 10.0 Å². The third kappa shape index (κ3) is 2.55. The quantitative estimate of drug-likeness (QED) is 0.786. The number of anilines is 1. The van der Waals surface area contributed by atoms with Gasteiger partial charge in [0.15, 0.2) is 0 Å². The van der Waals surface area contributed by atoms with Crippen molar-refractivity contribution in [2.75, 3.05) is 12.4 Å². The van der Waals surface area contributed by atoms with Gasteiger partial charge in [0.1, 0.15) is 0 Å². The second kappa shape index (κ2) is 5.02.